The van der Waals surface area contributed by atoms with Crippen molar-refractivity contribution in [3.05, 3.63) is 29.8 Å². The van der Waals surface area contributed by atoms with Crippen molar-refractivity contribution in [1.29, 1.82) is 0 Å². The number of nitrogens with one attached hydrogen (secondary N) is 2. The van der Waals surface area contributed by atoms with Crippen molar-refractivity contribution in [2.24, 2.45) is 5.92 Å². The molecular weight excluding hydrogens is 324 g/mol. The van der Waals surface area contributed by atoms with Gasteiger partial charge in [0.25, 0.3) is 5.91 Å². The molecule has 1 aliphatic carbocycles. The second-order valence-electron chi connectivity index (χ2n) is 6.13. The average molecular weight is 346 g/mol. The number of rotatable bonds is 5. The summed E-state index contributed by atoms with van der Waals surface area (Å²) in [7, 11) is 1.26. The van der Waals surface area contributed by atoms with E-state index in [9.17, 15) is 19.2 Å². The standard InChI is InChI=1S/C18H22N2O5/c1-11(21)19-14-8-6-12(7-9-14)17(23)20-16(18(24)25-2)13-4-3-5-15(22)10-13/h6-9,13,16H,3-5,10H2,1-2H3,(H,19,21)(H,20,23)/t13-,16-/m0/s1. The molecule has 0 bridgehead atoms. The molecule has 1 aliphatic rings. The van der Waals surface area contributed by atoms with Crippen LogP contribution >= 0.6 is 0 Å². The average Bonchev–Trinajstić information content (AvgIpc) is 2.59. The Hall–Kier alpha value is -2.70. The summed E-state index contributed by atoms with van der Waals surface area (Å²) in [5, 5.41) is 5.29. The first-order chi connectivity index (χ1) is 11.9. The van der Waals surface area contributed by atoms with Gasteiger partial charge in [0.05, 0.1) is 7.11 Å². The highest BCUT2D eigenvalue weighted by Gasteiger charge is 2.34. The fourth-order valence-electron chi connectivity index (χ4n) is 2.97. The van der Waals surface area contributed by atoms with E-state index >= 15 is 0 Å². The minimum Gasteiger partial charge on any atom is -0.467 e. The fourth-order valence-corrected chi connectivity index (χ4v) is 2.97. The van der Waals surface area contributed by atoms with Gasteiger partial charge in [-0.15, -0.1) is 0 Å². The van der Waals surface area contributed by atoms with Gasteiger partial charge < -0.3 is 15.4 Å². The fraction of sp³-hybridized carbons (Fsp3) is 0.444. The number of Topliss-reactive ketones (excluding diaryl/α,β-unsaturated/α-hetero) is 1. The lowest BCUT2D eigenvalue weighted by molar-refractivity contribution is -0.145. The predicted molar refractivity (Wildman–Crippen MR) is 91.0 cm³/mol. The van der Waals surface area contributed by atoms with Gasteiger partial charge in [0.15, 0.2) is 0 Å². The summed E-state index contributed by atoms with van der Waals surface area (Å²) in [6.45, 7) is 1.40. The lowest BCUT2D eigenvalue weighted by Crippen LogP contribution is -2.48. The molecule has 0 aromatic heterocycles. The Labute approximate surface area is 146 Å². The van der Waals surface area contributed by atoms with Gasteiger partial charge >= 0.3 is 5.97 Å². The van der Waals surface area contributed by atoms with E-state index in [1.54, 1.807) is 24.3 Å². The molecule has 2 rings (SSSR count). The molecule has 1 fully saturated rings. The maximum absolute atomic E-state index is 12.4. The lowest BCUT2D eigenvalue weighted by atomic mass is 9.83. The van der Waals surface area contributed by atoms with Gasteiger partial charge in [-0.1, -0.05) is 0 Å². The first-order valence-corrected chi connectivity index (χ1v) is 8.18. The van der Waals surface area contributed by atoms with E-state index in [-0.39, 0.29) is 24.0 Å². The van der Waals surface area contributed by atoms with E-state index in [2.05, 4.69) is 10.6 Å². The molecule has 0 saturated heterocycles. The van der Waals surface area contributed by atoms with Gasteiger partial charge in [0, 0.05) is 31.0 Å². The molecule has 25 heavy (non-hydrogen) atoms. The molecule has 134 valence electrons. The molecule has 0 spiro atoms. The molecule has 0 aliphatic heterocycles. The van der Waals surface area contributed by atoms with Crippen LogP contribution in [0.15, 0.2) is 24.3 Å². The minimum absolute atomic E-state index is 0.0964. The predicted octanol–water partition coefficient (Wildman–Crippen LogP) is 1.68. The lowest BCUT2D eigenvalue weighted by Gasteiger charge is -2.28. The minimum atomic E-state index is -0.850. The number of ether oxygens (including phenoxy) is 1. The molecular formula is C18H22N2O5. The molecule has 0 unspecified atom stereocenters. The van der Waals surface area contributed by atoms with Gasteiger partial charge in [0.1, 0.15) is 11.8 Å². The second kappa shape index (κ2) is 8.41. The molecule has 2 atom stereocenters. The number of esters is 1. The number of hydrogen-bond donors (Lipinski definition) is 2. The van der Waals surface area contributed by atoms with Crippen LogP contribution in [0.4, 0.5) is 5.69 Å². The normalized spacial score (nSPS) is 18.2. The summed E-state index contributed by atoms with van der Waals surface area (Å²) < 4.78 is 4.79. The van der Waals surface area contributed by atoms with Crippen LogP contribution < -0.4 is 10.6 Å². The third kappa shape index (κ3) is 5.14. The molecule has 0 heterocycles. The number of carbonyl (C=O) groups excluding carboxylic acids is 4. The topological polar surface area (TPSA) is 102 Å². The Bertz CT molecular complexity index is 669. The third-order valence-corrected chi connectivity index (χ3v) is 4.20. The van der Waals surface area contributed by atoms with E-state index in [4.69, 9.17) is 4.74 Å². The van der Waals surface area contributed by atoms with Crippen LogP contribution in [0.3, 0.4) is 0 Å². The quantitative estimate of drug-likeness (QED) is 0.790. The summed E-state index contributed by atoms with van der Waals surface area (Å²) in [5.41, 5.74) is 0.927. The van der Waals surface area contributed by atoms with Crippen molar-refractivity contribution >= 4 is 29.3 Å². The summed E-state index contributed by atoms with van der Waals surface area (Å²) in [6, 6.07) is 5.47. The summed E-state index contributed by atoms with van der Waals surface area (Å²) in [4.78, 5) is 47.2. The number of ketones is 1. The Morgan fingerprint density at radius 2 is 1.88 bits per heavy atom. The van der Waals surface area contributed by atoms with Crippen LogP contribution in [-0.2, 0) is 19.1 Å². The highest BCUT2D eigenvalue weighted by molar-refractivity contribution is 5.98. The third-order valence-electron chi connectivity index (χ3n) is 4.20. The van der Waals surface area contributed by atoms with Crippen molar-refractivity contribution in [1.82, 2.24) is 5.32 Å². The van der Waals surface area contributed by atoms with Gasteiger partial charge in [-0.3, -0.25) is 14.4 Å². The summed E-state index contributed by atoms with van der Waals surface area (Å²) in [6.07, 6.45) is 2.18. The maximum atomic E-state index is 12.4. The first kappa shape index (κ1) is 18.6. The maximum Gasteiger partial charge on any atom is 0.328 e. The van der Waals surface area contributed by atoms with Crippen LogP contribution in [0, 0.1) is 5.92 Å². The molecule has 7 nitrogen and oxygen atoms in total. The molecule has 7 heteroatoms. The zero-order chi connectivity index (χ0) is 18.4. The van der Waals surface area contributed by atoms with Crippen LogP contribution in [0.1, 0.15) is 43.0 Å². The number of benzene rings is 1. The largest absolute Gasteiger partial charge is 0.467 e. The molecule has 2 amide bonds. The first-order valence-electron chi connectivity index (χ1n) is 8.18. The van der Waals surface area contributed by atoms with Crippen LogP contribution in [0.2, 0.25) is 0 Å². The molecule has 1 aromatic rings. The van der Waals surface area contributed by atoms with Crippen LogP contribution in [0.5, 0.6) is 0 Å². The zero-order valence-electron chi connectivity index (χ0n) is 14.3. The van der Waals surface area contributed by atoms with Crippen LogP contribution in [0.25, 0.3) is 0 Å². The van der Waals surface area contributed by atoms with Gasteiger partial charge in [-0.2, -0.15) is 0 Å². The number of methoxy groups -OCH3 is 1. The highest BCUT2D eigenvalue weighted by Crippen LogP contribution is 2.25. The number of anilines is 1. The second-order valence-corrected chi connectivity index (χ2v) is 6.13. The molecule has 2 N–H and O–H groups in total. The van der Waals surface area contributed by atoms with E-state index in [0.29, 0.717) is 30.5 Å². The Balaban J connectivity index is 2.09. The van der Waals surface area contributed by atoms with Crippen molar-refractivity contribution < 1.29 is 23.9 Å². The Kier molecular flexibility index (Phi) is 6.27. The number of carbonyl (C=O) groups is 4. The summed E-state index contributed by atoms with van der Waals surface area (Å²) >= 11 is 0. The van der Waals surface area contributed by atoms with Crippen molar-refractivity contribution in [2.75, 3.05) is 12.4 Å². The Morgan fingerprint density at radius 1 is 1.20 bits per heavy atom. The van der Waals surface area contributed by atoms with Gasteiger partial charge in [0.2, 0.25) is 5.91 Å². The molecule has 1 aromatic carbocycles. The van der Waals surface area contributed by atoms with Gasteiger partial charge in [-0.25, -0.2) is 4.79 Å². The number of amides is 2. The van der Waals surface area contributed by atoms with E-state index in [0.717, 1.165) is 0 Å². The van der Waals surface area contributed by atoms with Crippen molar-refractivity contribution in [3.8, 4) is 0 Å². The highest BCUT2D eigenvalue weighted by atomic mass is 16.5. The Morgan fingerprint density at radius 3 is 2.44 bits per heavy atom. The van der Waals surface area contributed by atoms with Gasteiger partial charge in [-0.05, 0) is 43.0 Å². The molecule has 1 saturated carbocycles. The van der Waals surface area contributed by atoms with Crippen LogP contribution in [-0.4, -0.2) is 36.7 Å². The van der Waals surface area contributed by atoms with E-state index in [1.807, 2.05) is 0 Å². The smallest absolute Gasteiger partial charge is 0.328 e. The van der Waals surface area contributed by atoms with E-state index < -0.39 is 17.9 Å². The monoisotopic (exact) mass is 346 g/mol. The molecule has 0 radical (unpaired) electrons. The zero-order valence-corrected chi connectivity index (χ0v) is 14.3. The van der Waals surface area contributed by atoms with Crippen molar-refractivity contribution in [3.63, 3.8) is 0 Å². The number of hydrogen-bond acceptors (Lipinski definition) is 5. The SMILES string of the molecule is COC(=O)[C@@H](NC(=O)c1ccc(NC(C)=O)cc1)[C@H]1CCCC(=O)C1. The van der Waals surface area contributed by atoms with E-state index in [1.165, 1.54) is 14.0 Å². The summed E-state index contributed by atoms with van der Waals surface area (Å²) in [5.74, 6) is -1.34. The van der Waals surface area contributed by atoms with Crippen molar-refractivity contribution in [2.45, 2.75) is 38.6 Å².